The Morgan fingerprint density at radius 1 is 0.805 bits per heavy atom. The zero-order chi connectivity index (χ0) is 56.3. The van der Waals surface area contributed by atoms with Crippen LogP contribution in [-0.2, 0) is 75.8 Å². The molecular formula is C35H49N13O25P4. The number of aromatic amines is 2. The first-order chi connectivity index (χ1) is 36.0. The van der Waals surface area contributed by atoms with Crippen LogP contribution < -0.4 is 37.7 Å². The highest BCUT2D eigenvalue weighted by atomic mass is 31.3. The van der Waals surface area contributed by atoms with E-state index in [1.807, 2.05) is 4.98 Å². The van der Waals surface area contributed by atoms with E-state index in [1.54, 1.807) is 0 Å². The number of imidazole rings is 2. The SMILES string of the molecule is CO[C@@H]1[C@H](OP(=O)([O-])OC[C@H]2O[C@@H](n3ccc(=O)[nH]c3=O)[C@H](O)[C@@H]2O)[C@@H](COP(=O)(O)OP(=O)(O)OP(=O)(O)OC[C@H]2OC(n3c[n+](C)c4c(=O)[nH]c(N)nc43)[C@H](O)[C@@H]2CC(=O)N(C)C)O[C@H]1n1cnc2c(N)ncnc21. The molecule has 0 aliphatic carbocycles. The third kappa shape index (κ3) is 12.5. The molecule has 8 rings (SSSR count). The van der Waals surface area contributed by atoms with Gasteiger partial charge in [-0.2, -0.15) is 18.2 Å². The minimum atomic E-state index is -6.25. The van der Waals surface area contributed by atoms with Gasteiger partial charge in [0.25, 0.3) is 24.5 Å². The summed E-state index contributed by atoms with van der Waals surface area (Å²) >= 11 is 0. The Balaban J connectivity index is 0.951. The predicted molar refractivity (Wildman–Crippen MR) is 246 cm³/mol. The number of phosphoric acid groups is 4. The fraction of sp³-hybridized carbons (Fsp3) is 0.571. The largest absolute Gasteiger partial charge is 0.756 e. The van der Waals surface area contributed by atoms with Gasteiger partial charge in [0.2, 0.25) is 24.4 Å². The number of carbonyl (C=O) groups is 1. The number of rotatable bonds is 21. The highest BCUT2D eigenvalue weighted by molar-refractivity contribution is 7.66. The Bertz CT molecular complexity index is 3410. The summed E-state index contributed by atoms with van der Waals surface area (Å²) in [5.41, 5.74) is 9.08. The van der Waals surface area contributed by atoms with Gasteiger partial charge in [0.15, 0.2) is 23.9 Å². The second-order valence-corrected chi connectivity index (χ2v) is 23.4. The van der Waals surface area contributed by atoms with Gasteiger partial charge in [-0.25, -0.2) is 38.0 Å². The molecule has 0 aromatic carbocycles. The Morgan fingerprint density at radius 2 is 1.43 bits per heavy atom. The van der Waals surface area contributed by atoms with Crippen molar-refractivity contribution in [3.05, 3.63) is 62.4 Å². The average molecular weight is 1180 g/mol. The molecule has 12 N–H and O–H groups in total. The predicted octanol–water partition coefficient (Wildman–Crippen LogP) is -4.77. The molecule has 3 aliphatic rings. The number of nitrogens with one attached hydrogen (secondary N) is 2. The highest BCUT2D eigenvalue weighted by Gasteiger charge is 2.53. The smallest absolute Gasteiger partial charge is 0.490 e. The lowest BCUT2D eigenvalue weighted by molar-refractivity contribution is -0.646. The van der Waals surface area contributed by atoms with E-state index in [0.29, 0.717) is 4.57 Å². The van der Waals surface area contributed by atoms with Crippen LogP contribution in [0.3, 0.4) is 0 Å². The van der Waals surface area contributed by atoms with Gasteiger partial charge in [0.05, 0.1) is 39.3 Å². The maximum atomic E-state index is 13.5. The Labute approximate surface area is 429 Å². The van der Waals surface area contributed by atoms with Gasteiger partial charge < -0.3 is 79.3 Å². The second-order valence-electron chi connectivity index (χ2n) is 17.4. The molecule has 16 atom stereocenters. The summed E-state index contributed by atoms with van der Waals surface area (Å²) < 4.78 is 109. The summed E-state index contributed by atoms with van der Waals surface area (Å²) in [5, 5.41) is 32.7. The van der Waals surface area contributed by atoms with Gasteiger partial charge in [-0.15, -0.1) is 0 Å². The number of nitrogens with two attached hydrogens (primary N) is 2. The Hall–Kier alpha value is -5.11. The number of fused-ring (bicyclic) bond motifs is 2. The molecule has 3 aliphatic heterocycles. The zero-order valence-electron chi connectivity index (χ0n) is 40.1. The summed E-state index contributed by atoms with van der Waals surface area (Å²) in [6.45, 7) is -3.46. The molecule has 5 unspecified atom stereocenters. The molecule has 3 saturated heterocycles. The number of amides is 1. The molecule has 1 amide bonds. The van der Waals surface area contributed by atoms with Gasteiger partial charge in [0.1, 0.15) is 54.6 Å². The first-order valence-corrected chi connectivity index (χ1v) is 28.0. The van der Waals surface area contributed by atoms with Crippen LogP contribution in [0.15, 0.2) is 45.6 Å². The third-order valence-electron chi connectivity index (χ3n) is 12.0. The molecule has 0 radical (unpaired) electrons. The van der Waals surface area contributed by atoms with Crippen molar-refractivity contribution in [2.24, 2.45) is 13.0 Å². The number of anilines is 2. The minimum absolute atomic E-state index is 0.0129. The summed E-state index contributed by atoms with van der Waals surface area (Å²) in [6, 6.07) is 0.911. The maximum absolute atomic E-state index is 13.5. The van der Waals surface area contributed by atoms with Crippen molar-refractivity contribution in [2.45, 2.75) is 73.9 Å². The normalized spacial score (nSPS) is 29.8. The van der Waals surface area contributed by atoms with E-state index in [9.17, 15) is 72.3 Å². The van der Waals surface area contributed by atoms with E-state index >= 15 is 0 Å². The summed E-state index contributed by atoms with van der Waals surface area (Å²) in [4.78, 5) is 116. The molecule has 5 aromatic rings. The topological polar surface area (TPSA) is 530 Å². The number of aromatic nitrogens is 10. The number of H-pyrrole nitrogens is 2. The molecule has 0 saturated carbocycles. The van der Waals surface area contributed by atoms with Crippen LogP contribution in [0, 0.1) is 5.92 Å². The fourth-order valence-corrected chi connectivity index (χ4v) is 13.0. The average Bonchev–Trinajstić information content (AvgIpc) is 4.13. The van der Waals surface area contributed by atoms with Crippen LogP contribution in [-0.4, -0.2) is 174 Å². The van der Waals surface area contributed by atoms with E-state index in [2.05, 4.69) is 33.5 Å². The summed E-state index contributed by atoms with van der Waals surface area (Å²) in [7, 11) is -18.5. The highest BCUT2D eigenvalue weighted by Crippen LogP contribution is 2.68. The fourth-order valence-electron chi connectivity index (χ4n) is 8.50. The Kier molecular flexibility index (Phi) is 16.7. The number of phosphoric ester groups is 3. The van der Waals surface area contributed by atoms with Crippen molar-refractivity contribution in [3.63, 3.8) is 0 Å². The lowest BCUT2D eigenvalue weighted by Gasteiger charge is -2.31. The molecule has 0 bridgehead atoms. The van der Waals surface area contributed by atoms with Crippen LogP contribution in [0.4, 0.5) is 11.8 Å². The van der Waals surface area contributed by atoms with Crippen LogP contribution >= 0.6 is 31.3 Å². The quantitative estimate of drug-likeness (QED) is 0.0244. The lowest BCUT2D eigenvalue weighted by atomic mass is 9.94. The first-order valence-electron chi connectivity index (χ1n) is 22.1. The molecule has 8 heterocycles. The number of carbonyl (C=O) groups excluding carboxylic acids is 1. The number of hydrogen-bond donors (Lipinski definition) is 10. The van der Waals surface area contributed by atoms with E-state index in [1.165, 1.54) is 46.1 Å². The molecule has 3 fully saturated rings. The number of nitrogen functional groups attached to an aromatic ring is 2. The van der Waals surface area contributed by atoms with Crippen LogP contribution in [0.25, 0.3) is 22.3 Å². The molecule has 38 nitrogen and oxygen atoms in total. The van der Waals surface area contributed by atoms with Crippen molar-refractivity contribution < 1.29 is 108 Å². The number of hydrogen-bond acceptors (Lipinski definition) is 28. The number of aliphatic hydroxyl groups excluding tert-OH is 3. The molecular weight excluding hydrogens is 1130 g/mol. The summed E-state index contributed by atoms with van der Waals surface area (Å²) in [5.74, 6) is -2.22. The van der Waals surface area contributed by atoms with Crippen molar-refractivity contribution in [2.75, 3.05) is 52.5 Å². The number of methoxy groups -OCH3 is 1. The molecule has 77 heavy (non-hydrogen) atoms. The maximum Gasteiger partial charge on any atom is 0.490 e. The van der Waals surface area contributed by atoms with Crippen molar-refractivity contribution >= 4 is 71.3 Å². The van der Waals surface area contributed by atoms with E-state index in [4.69, 9.17) is 48.5 Å². The summed E-state index contributed by atoms with van der Waals surface area (Å²) in [6.07, 6.45) is -14.7. The van der Waals surface area contributed by atoms with Gasteiger partial charge in [-0.3, -0.25) is 47.1 Å². The monoisotopic (exact) mass is 1180 g/mol. The number of aliphatic hydroxyl groups is 3. The van der Waals surface area contributed by atoms with E-state index in [0.717, 1.165) is 32.0 Å². The second kappa shape index (κ2) is 22.2. The molecule has 0 spiro atoms. The number of aryl methyl sites for hydroxylation is 1. The molecule has 42 heteroatoms. The zero-order valence-corrected chi connectivity index (χ0v) is 43.6. The van der Waals surface area contributed by atoms with Crippen LogP contribution in [0.1, 0.15) is 25.1 Å². The van der Waals surface area contributed by atoms with E-state index in [-0.39, 0.29) is 34.1 Å². The van der Waals surface area contributed by atoms with Gasteiger partial charge >= 0.3 is 34.7 Å². The third-order valence-corrected chi connectivity index (χ3v) is 17.3. The number of nitrogens with zero attached hydrogens (tertiary/aromatic N) is 9. The lowest BCUT2D eigenvalue weighted by Crippen LogP contribution is -2.39. The minimum Gasteiger partial charge on any atom is -0.756 e. The standard InChI is InChI=1S/C35H49N13O25P4/c1-44(2)19(50)7-14-15(68-31(22(14)51)48-13-45(3)21-29(48)42-34(37)43-30(21)54)8-66-75(58,59)72-77(62,63)73-76(60,61)67-10-17-25(26(64-4)33(70-17)47-12-40-20-27(36)38-11-39-28(20)47)71-74(56,57)65-9-16-23(52)24(53)32(69-16)46-6-5-18(49)41-35(46)55/h5-6,11-17,22-26,31-33,51-53H,7-10H2,1-4H3,(H9-,36,37,38,39,41,42,43,49,54,55,56,57,58,59,60,61,62,63)/t14-,15-,16-,17-,22-,23-,24-,25-,26-,31?,32-,33-/m1/s1. The Morgan fingerprint density at radius 3 is 2.08 bits per heavy atom. The molecule has 424 valence electrons. The van der Waals surface area contributed by atoms with Crippen LogP contribution in [0.2, 0.25) is 0 Å². The van der Waals surface area contributed by atoms with Crippen molar-refractivity contribution in [1.29, 1.82) is 0 Å². The first kappa shape index (κ1) is 58.0. The number of ether oxygens (including phenoxy) is 4. The van der Waals surface area contributed by atoms with Crippen LogP contribution in [0.5, 0.6) is 0 Å². The van der Waals surface area contributed by atoms with Gasteiger partial charge in [0, 0.05) is 45.8 Å². The van der Waals surface area contributed by atoms with Gasteiger partial charge in [-0.1, -0.05) is 0 Å². The van der Waals surface area contributed by atoms with Crippen molar-refractivity contribution in [3.8, 4) is 0 Å². The molecule has 5 aromatic heterocycles. The van der Waals surface area contributed by atoms with Gasteiger partial charge in [-0.05, 0) is 0 Å². The van der Waals surface area contributed by atoms with Crippen molar-refractivity contribution in [1.82, 2.24) is 48.5 Å². The van der Waals surface area contributed by atoms with E-state index < -0.39 is 154 Å².